The van der Waals surface area contributed by atoms with Crippen LogP contribution in [0.2, 0.25) is 0 Å². The van der Waals surface area contributed by atoms with Gasteiger partial charge < -0.3 is 4.40 Å². The summed E-state index contributed by atoms with van der Waals surface area (Å²) in [4.78, 5) is 21.3. The Morgan fingerprint density at radius 1 is 1.15 bits per heavy atom. The van der Waals surface area contributed by atoms with Crippen LogP contribution in [0, 0.1) is 6.92 Å². The van der Waals surface area contributed by atoms with E-state index in [1.54, 1.807) is 22.7 Å². The fraction of sp³-hybridized carbons (Fsp3) is 0.118. The molecule has 0 saturated carbocycles. The minimum atomic E-state index is -3.29. The van der Waals surface area contributed by atoms with E-state index >= 15 is 0 Å². The normalized spacial score (nSPS) is 11.9. The van der Waals surface area contributed by atoms with E-state index in [0.29, 0.717) is 21.0 Å². The number of anilines is 1. The molecule has 0 atom stereocenters. The number of hydrogen-bond acceptors (Lipinski definition) is 6. The highest BCUT2D eigenvalue weighted by Gasteiger charge is 2.15. The summed E-state index contributed by atoms with van der Waals surface area (Å²) < 4.78 is 25.8. The number of thiazole rings is 1. The van der Waals surface area contributed by atoms with Crippen molar-refractivity contribution in [1.82, 2.24) is 14.4 Å². The number of fused-ring (bicyclic) bond motifs is 2. The average molecular weight is 386 g/mol. The molecule has 0 fully saturated rings. The van der Waals surface area contributed by atoms with Gasteiger partial charge >= 0.3 is 0 Å². The first kappa shape index (κ1) is 16.7. The van der Waals surface area contributed by atoms with Crippen LogP contribution in [0.5, 0.6) is 0 Å². The number of nitrogens with zero attached hydrogens (tertiary/aromatic N) is 3. The molecule has 0 unspecified atom stereocenters. The van der Waals surface area contributed by atoms with E-state index in [2.05, 4.69) is 15.3 Å². The van der Waals surface area contributed by atoms with Crippen LogP contribution in [0.3, 0.4) is 0 Å². The Hall–Kier alpha value is -2.78. The number of nitrogens with one attached hydrogen (secondary N) is 1. The van der Waals surface area contributed by atoms with Gasteiger partial charge in [-0.15, -0.1) is 0 Å². The number of carbonyl (C=O) groups excluding carboxylic acids is 1. The number of pyridine rings is 1. The first-order valence-corrected chi connectivity index (χ1v) is 10.4. The monoisotopic (exact) mass is 386 g/mol. The van der Waals surface area contributed by atoms with Crippen molar-refractivity contribution in [3.8, 4) is 0 Å². The van der Waals surface area contributed by atoms with Gasteiger partial charge in [-0.1, -0.05) is 17.4 Å². The third kappa shape index (κ3) is 3.06. The first-order chi connectivity index (χ1) is 12.3. The standard InChI is InChI=1S/C17H14N4O3S2/c1-10-3-6-15-18-13(9-21(15)8-10)16(22)20-17-19-12-5-4-11(26(2,23)24)7-14(12)25-17/h3-9H,1-2H3,(H,19,20,22). The number of sulfone groups is 1. The predicted octanol–water partition coefficient (Wildman–Crippen LogP) is 2.91. The van der Waals surface area contributed by atoms with Gasteiger partial charge in [0.2, 0.25) is 0 Å². The Morgan fingerprint density at radius 2 is 1.96 bits per heavy atom. The number of benzene rings is 1. The van der Waals surface area contributed by atoms with E-state index < -0.39 is 9.84 Å². The highest BCUT2D eigenvalue weighted by molar-refractivity contribution is 7.90. The van der Waals surface area contributed by atoms with Gasteiger partial charge in [0.05, 0.1) is 15.1 Å². The Labute approximate surface area is 153 Å². The van der Waals surface area contributed by atoms with Crippen molar-refractivity contribution >= 4 is 48.1 Å². The van der Waals surface area contributed by atoms with E-state index in [0.717, 1.165) is 11.8 Å². The highest BCUT2D eigenvalue weighted by atomic mass is 32.2. The van der Waals surface area contributed by atoms with Crippen molar-refractivity contribution in [3.05, 3.63) is 54.0 Å². The summed E-state index contributed by atoms with van der Waals surface area (Å²) in [5, 5.41) is 3.12. The summed E-state index contributed by atoms with van der Waals surface area (Å²) in [5.74, 6) is -0.367. The molecule has 4 aromatic rings. The van der Waals surface area contributed by atoms with E-state index in [9.17, 15) is 13.2 Å². The summed E-state index contributed by atoms with van der Waals surface area (Å²) in [5.41, 5.74) is 2.66. The molecule has 0 saturated heterocycles. The Morgan fingerprint density at radius 3 is 2.73 bits per heavy atom. The molecule has 0 aliphatic rings. The maximum Gasteiger partial charge on any atom is 0.277 e. The van der Waals surface area contributed by atoms with Crippen LogP contribution < -0.4 is 5.32 Å². The second-order valence-corrected chi connectivity index (χ2v) is 9.02. The van der Waals surface area contributed by atoms with Gasteiger partial charge in [0.15, 0.2) is 15.0 Å². The summed E-state index contributed by atoms with van der Waals surface area (Å²) in [7, 11) is -3.29. The van der Waals surface area contributed by atoms with Crippen molar-refractivity contribution in [1.29, 1.82) is 0 Å². The van der Waals surface area contributed by atoms with Crippen molar-refractivity contribution in [2.75, 3.05) is 11.6 Å². The summed E-state index contributed by atoms with van der Waals surface area (Å²) in [6.45, 7) is 1.96. The molecule has 26 heavy (non-hydrogen) atoms. The second-order valence-electron chi connectivity index (χ2n) is 5.97. The van der Waals surface area contributed by atoms with E-state index in [1.165, 1.54) is 17.4 Å². The minimum absolute atomic E-state index is 0.224. The van der Waals surface area contributed by atoms with Crippen LogP contribution in [0.1, 0.15) is 16.1 Å². The molecule has 0 spiro atoms. The number of imidazole rings is 1. The van der Waals surface area contributed by atoms with Gasteiger partial charge in [0.1, 0.15) is 11.3 Å². The lowest BCUT2D eigenvalue weighted by Crippen LogP contribution is -2.11. The fourth-order valence-electron chi connectivity index (χ4n) is 2.56. The van der Waals surface area contributed by atoms with Crippen molar-refractivity contribution in [3.63, 3.8) is 0 Å². The first-order valence-electron chi connectivity index (χ1n) is 7.67. The molecular formula is C17H14N4O3S2. The Balaban J connectivity index is 1.64. The van der Waals surface area contributed by atoms with Crippen molar-refractivity contribution in [2.24, 2.45) is 0 Å². The smallest absolute Gasteiger partial charge is 0.277 e. The minimum Gasteiger partial charge on any atom is -0.306 e. The molecule has 0 bridgehead atoms. The van der Waals surface area contributed by atoms with Crippen LogP contribution in [0.25, 0.3) is 15.9 Å². The molecule has 0 radical (unpaired) electrons. The van der Waals surface area contributed by atoms with Crippen LogP contribution in [-0.2, 0) is 9.84 Å². The SMILES string of the molecule is Cc1ccc2nc(C(=O)Nc3nc4ccc(S(C)(=O)=O)cc4s3)cn2c1. The number of hydrogen-bond donors (Lipinski definition) is 1. The maximum absolute atomic E-state index is 12.5. The van der Waals surface area contributed by atoms with Gasteiger partial charge in [0.25, 0.3) is 5.91 Å². The Kier molecular flexibility index (Phi) is 3.78. The average Bonchev–Trinajstić information content (AvgIpc) is 3.15. The third-order valence-electron chi connectivity index (χ3n) is 3.84. The topological polar surface area (TPSA) is 93.4 Å². The molecule has 1 amide bonds. The van der Waals surface area contributed by atoms with Crippen LogP contribution in [0.4, 0.5) is 5.13 Å². The number of aromatic nitrogens is 3. The molecule has 4 rings (SSSR count). The van der Waals surface area contributed by atoms with Gasteiger partial charge in [-0.05, 0) is 36.8 Å². The van der Waals surface area contributed by atoms with Crippen LogP contribution in [0.15, 0.2) is 47.6 Å². The lowest BCUT2D eigenvalue weighted by atomic mass is 10.3. The predicted molar refractivity (Wildman–Crippen MR) is 101 cm³/mol. The van der Waals surface area contributed by atoms with Crippen LogP contribution in [-0.4, -0.2) is 34.9 Å². The Bertz CT molecular complexity index is 1270. The largest absolute Gasteiger partial charge is 0.306 e. The van der Waals surface area contributed by atoms with Crippen LogP contribution >= 0.6 is 11.3 Å². The third-order valence-corrected chi connectivity index (χ3v) is 5.88. The molecule has 1 N–H and O–H groups in total. The van der Waals surface area contributed by atoms with Crippen molar-refractivity contribution < 1.29 is 13.2 Å². The lowest BCUT2D eigenvalue weighted by molar-refractivity contribution is 0.102. The number of aryl methyl sites for hydroxylation is 1. The summed E-state index contributed by atoms with van der Waals surface area (Å²) in [6, 6.07) is 8.47. The number of rotatable bonds is 3. The van der Waals surface area contributed by atoms with E-state index in [-0.39, 0.29) is 16.5 Å². The molecule has 9 heteroatoms. The molecular weight excluding hydrogens is 372 g/mol. The zero-order chi connectivity index (χ0) is 18.5. The molecule has 3 heterocycles. The molecule has 3 aromatic heterocycles. The van der Waals surface area contributed by atoms with E-state index in [1.807, 2.05) is 25.3 Å². The van der Waals surface area contributed by atoms with Gasteiger partial charge in [-0.2, -0.15) is 0 Å². The number of carbonyl (C=O) groups is 1. The zero-order valence-corrected chi connectivity index (χ0v) is 15.6. The molecule has 0 aliphatic heterocycles. The second kappa shape index (κ2) is 5.89. The summed E-state index contributed by atoms with van der Waals surface area (Å²) in [6.07, 6.45) is 4.71. The van der Waals surface area contributed by atoms with E-state index in [4.69, 9.17) is 0 Å². The highest BCUT2D eigenvalue weighted by Crippen LogP contribution is 2.28. The quantitative estimate of drug-likeness (QED) is 0.584. The fourth-order valence-corrected chi connectivity index (χ4v) is 4.18. The molecule has 1 aromatic carbocycles. The zero-order valence-electron chi connectivity index (χ0n) is 13.9. The maximum atomic E-state index is 12.5. The molecule has 7 nitrogen and oxygen atoms in total. The van der Waals surface area contributed by atoms with Crippen molar-refractivity contribution in [2.45, 2.75) is 11.8 Å². The van der Waals surface area contributed by atoms with Gasteiger partial charge in [-0.3, -0.25) is 10.1 Å². The van der Waals surface area contributed by atoms with Gasteiger partial charge in [-0.25, -0.2) is 18.4 Å². The molecule has 0 aliphatic carbocycles. The van der Waals surface area contributed by atoms with Gasteiger partial charge in [0, 0.05) is 18.6 Å². The lowest BCUT2D eigenvalue weighted by Gasteiger charge is -1.96. The number of amides is 1. The molecule has 132 valence electrons. The summed E-state index contributed by atoms with van der Waals surface area (Å²) >= 11 is 1.22.